The number of alkyl carbamates (subject to hydrolysis) is 1. The van der Waals surface area contributed by atoms with Gasteiger partial charge in [0, 0.05) is 6.42 Å². The van der Waals surface area contributed by atoms with E-state index in [2.05, 4.69) is 12.2 Å². The molecule has 1 amide bonds. The third-order valence-corrected chi connectivity index (χ3v) is 11.0. The molecule has 0 saturated carbocycles. The van der Waals surface area contributed by atoms with Crippen molar-refractivity contribution in [1.29, 1.82) is 0 Å². The van der Waals surface area contributed by atoms with E-state index in [1.807, 2.05) is 54.6 Å². The van der Waals surface area contributed by atoms with Crippen LogP contribution in [0.2, 0.25) is 0 Å². The minimum absolute atomic E-state index is 0.0443. The summed E-state index contributed by atoms with van der Waals surface area (Å²) >= 11 is 0. The second-order valence-corrected chi connectivity index (χ2v) is 16.2. The van der Waals surface area contributed by atoms with Gasteiger partial charge in [0.25, 0.3) is 0 Å². The Kier molecular flexibility index (Phi) is 25.1. The highest BCUT2D eigenvalue weighted by molar-refractivity contribution is 7.48. The van der Waals surface area contributed by atoms with Crippen LogP contribution in [0.4, 0.5) is 4.79 Å². The highest BCUT2D eigenvalue weighted by Crippen LogP contribution is 2.52. The Hall–Kier alpha value is -4.02. The zero-order chi connectivity index (χ0) is 41.5. The number of carbonyl (C=O) groups excluding carboxylic acids is 3. The summed E-state index contributed by atoms with van der Waals surface area (Å²) < 4.78 is 47.6. The Bertz CT molecular complexity index is 1580. The predicted molar refractivity (Wildman–Crippen MR) is 226 cm³/mol. The van der Waals surface area contributed by atoms with E-state index in [1.165, 1.54) is 77.6 Å². The number of amides is 1. The molecule has 58 heavy (non-hydrogen) atoms. The fraction of sp³-hybridized carbons (Fsp3) is 0.543. The van der Waals surface area contributed by atoms with Gasteiger partial charge in [-0.25, -0.2) is 14.2 Å². The molecule has 0 aromatic heterocycles. The van der Waals surface area contributed by atoms with Crippen LogP contribution in [-0.4, -0.2) is 43.4 Å². The lowest BCUT2D eigenvalue weighted by Gasteiger charge is -2.27. The first-order valence-electron chi connectivity index (χ1n) is 21.2. The molecule has 0 aliphatic rings. The maximum atomic E-state index is 14.1. The Labute approximate surface area is 346 Å². The Morgan fingerprint density at radius 3 is 1.53 bits per heavy atom. The molecular weight excluding hydrogens is 757 g/mol. The molecule has 3 rings (SSSR count). The van der Waals surface area contributed by atoms with Crippen LogP contribution in [-0.2, 0) is 61.8 Å². The summed E-state index contributed by atoms with van der Waals surface area (Å²) in [5, 5.41) is 2.50. The van der Waals surface area contributed by atoms with Crippen LogP contribution in [0.5, 0.6) is 0 Å². The molecule has 3 aromatic rings. The van der Waals surface area contributed by atoms with Crippen molar-refractivity contribution < 1.29 is 46.7 Å². The molecule has 0 heterocycles. The molecule has 0 saturated heterocycles. The first kappa shape index (κ1) is 48.3. The minimum Gasteiger partial charge on any atom is -0.466 e. The lowest BCUT2D eigenvalue weighted by Crippen LogP contribution is -2.49. The second kappa shape index (κ2) is 30.1. The Balaban J connectivity index is 1.46. The number of ether oxygens (including phenoxy) is 3. The summed E-state index contributed by atoms with van der Waals surface area (Å²) in [5.74, 6) is -1.21. The van der Waals surface area contributed by atoms with Crippen molar-refractivity contribution >= 4 is 25.9 Å². The number of rotatable bonds is 32. The lowest BCUT2D eigenvalue weighted by molar-refractivity contribution is -0.150. The van der Waals surface area contributed by atoms with Crippen molar-refractivity contribution in [2.45, 2.75) is 149 Å². The molecule has 3 aromatic carbocycles. The van der Waals surface area contributed by atoms with Crippen LogP contribution < -0.4 is 5.32 Å². The van der Waals surface area contributed by atoms with E-state index in [0.717, 1.165) is 30.4 Å². The second-order valence-electron chi connectivity index (χ2n) is 14.5. The highest BCUT2D eigenvalue weighted by atomic mass is 31.2. The van der Waals surface area contributed by atoms with E-state index in [0.29, 0.717) is 12.2 Å². The fourth-order valence-corrected chi connectivity index (χ4v) is 7.50. The van der Waals surface area contributed by atoms with E-state index < -0.39 is 32.0 Å². The van der Waals surface area contributed by atoms with E-state index in [4.69, 9.17) is 27.8 Å². The van der Waals surface area contributed by atoms with Gasteiger partial charge in [0.15, 0.2) is 6.04 Å². The van der Waals surface area contributed by atoms with Crippen molar-refractivity contribution in [3.63, 3.8) is 0 Å². The van der Waals surface area contributed by atoms with Crippen LogP contribution >= 0.6 is 7.82 Å². The molecular formula is C46H66NO10P. The molecule has 0 radical (unpaired) electrons. The van der Waals surface area contributed by atoms with Gasteiger partial charge in [-0.2, -0.15) is 0 Å². The summed E-state index contributed by atoms with van der Waals surface area (Å²) in [7, 11) is -4.38. The molecule has 1 N–H and O–H groups in total. The van der Waals surface area contributed by atoms with Gasteiger partial charge in [-0.1, -0.05) is 181 Å². The number of carbonyl (C=O) groups is 3. The van der Waals surface area contributed by atoms with Crippen molar-refractivity contribution in [3.8, 4) is 0 Å². The molecule has 3 atom stereocenters. The topological polar surface area (TPSA) is 136 Å². The van der Waals surface area contributed by atoms with Gasteiger partial charge in [0.1, 0.15) is 13.2 Å². The number of hydrogen-bond acceptors (Lipinski definition) is 10. The molecule has 320 valence electrons. The van der Waals surface area contributed by atoms with Crippen LogP contribution in [0, 0.1) is 0 Å². The molecule has 12 heteroatoms. The maximum Gasteiger partial charge on any atom is 0.475 e. The molecule has 1 unspecified atom stereocenters. The zero-order valence-electron chi connectivity index (χ0n) is 34.7. The third kappa shape index (κ3) is 22.2. The average molecular weight is 824 g/mol. The maximum absolute atomic E-state index is 14.1. The van der Waals surface area contributed by atoms with Gasteiger partial charge in [0.05, 0.1) is 25.9 Å². The number of hydrogen-bond donors (Lipinski definition) is 1. The quantitative estimate of drug-likeness (QED) is 0.0280. The average Bonchev–Trinajstić information content (AvgIpc) is 3.24. The largest absolute Gasteiger partial charge is 0.475 e. The van der Waals surface area contributed by atoms with Crippen LogP contribution in [0.1, 0.15) is 133 Å². The van der Waals surface area contributed by atoms with Gasteiger partial charge < -0.3 is 19.5 Å². The first-order valence-corrected chi connectivity index (χ1v) is 22.7. The van der Waals surface area contributed by atoms with Crippen molar-refractivity contribution in [2.24, 2.45) is 0 Å². The molecule has 0 spiro atoms. The predicted octanol–water partition coefficient (Wildman–Crippen LogP) is 11.6. The van der Waals surface area contributed by atoms with E-state index >= 15 is 0 Å². The summed E-state index contributed by atoms with van der Waals surface area (Å²) in [6.45, 7) is 3.67. The van der Waals surface area contributed by atoms with Gasteiger partial charge in [0.2, 0.25) is 0 Å². The normalized spacial score (nSPS) is 13.2. The number of unbranched alkanes of at least 4 members (excludes halogenated alkanes) is 13. The van der Waals surface area contributed by atoms with Gasteiger partial charge in [-0.15, -0.1) is 0 Å². The van der Waals surface area contributed by atoms with Crippen LogP contribution in [0.15, 0.2) is 91.0 Å². The van der Waals surface area contributed by atoms with Crippen LogP contribution in [0.3, 0.4) is 0 Å². The molecule has 11 nitrogen and oxygen atoms in total. The SMILES string of the molecule is CCCCCCCCCCCCCCCCOC(=O)CCCOP(=O)(OCc1ccccc1)O[C@H](C)[C@H](NC(=O)OCc1ccccc1)C(=O)OCc1ccccc1. The summed E-state index contributed by atoms with van der Waals surface area (Å²) in [5.41, 5.74) is 2.18. The lowest BCUT2D eigenvalue weighted by atomic mass is 10.0. The number of phosphoric ester groups is 1. The van der Waals surface area contributed by atoms with Gasteiger partial charge >= 0.3 is 25.9 Å². The van der Waals surface area contributed by atoms with Gasteiger partial charge in [-0.3, -0.25) is 18.4 Å². The van der Waals surface area contributed by atoms with Gasteiger partial charge in [-0.05, 0) is 36.5 Å². The van der Waals surface area contributed by atoms with Crippen molar-refractivity contribution in [3.05, 3.63) is 108 Å². The summed E-state index contributed by atoms with van der Waals surface area (Å²) in [4.78, 5) is 38.8. The van der Waals surface area contributed by atoms with Crippen molar-refractivity contribution in [2.75, 3.05) is 13.2 Å². The van der Waals surface area contributed by atoms with E-state index in [9.17, 15) is 18.9 Å². The standard InChI is InChI=1S/C46H66NO10P/c1-3-4-5-6-7-8-9-10-11-12-13-14-15-25-34-52-43(48)33-26-35-55-58(51,56-38-42-31-23-18-24-32-42)57-39(2)44(45(49)53-36-40-27-19-16-20-28-40)47-46(50)54-37-41-29-21-17-22-30-41/h16-24,27-32,39,44H,3-15,25-26,33-38H2,1-2H3,(H,47,50)/t39-,44+,58?/m1/s1. The molecule has 0 bridgehead atoms. The smallest absolute Gasteiger partial charge is 0.466 e. The monoisotopic (exact) mass is 823 g/mol. The van der Waals surface area contributed by atoms with E-state index in [-0.39, 0.29) is 45.2 Å². The fourth-order valence-electron chi connectivity index (χ4n) is 6.12. The summed E-state index contributed by atoms with van der Waals surface area (Å²) in [6, 6.07) is 25.7. The summed E-state index contributed by atoms with van der Waals surface area (Å²) in [6.07, 6.45) is 15.6. The zero-order valence-corrected chi connectivity index (χ0v) is 35.6. The Morgan fingerprint density at radius 1 is 0.552 bits per heavy atom. The number of benzene rings is 3. The molecule has 0 fully saturated rings. The minimum atomic E-state index is -4.38. The van der Waals surface area contributed by atoms with E-state index in [1.54, 1.807) is 36.4 Å². The first-order chi connectivity index (χ1) is 28.3. The number of phosphoric acid groups is 1. The molecule has 0 aliphatic carbocycles. The van der Waals surface area contributed by atoms with Crippen molar-refractivity contribution in [1.82, 2.24) is 5.32 Å². The van der Waals surface area contributed by atoms with Crippen LogP contribution in [0.25, 0.3) is 0 Å². The number of nitrogens with one attached hydrogen (secondary N) is 1. The molecule has 0 aliphatic heterocycles. The highest BCUT2D eigenvalue weighted by Gasteiger charge is 2.38. The number of esters is 2. The third-order valence-electron chi connectivity index (χ3n) is 9.50. The Morgan fingerprint density at radius 2 is 1.02 bits per heavy atom.